The average molecular weight is 328 g/mol. The van der Waals surface area contributed by atoms with Gasteiger partial charge in [-0.05, 0) is 51.6 Å². The summed E-state index contributed by atoms with van der Waals surface area (Å²) in [6, 6.07) is 5.41. The Balaban J connectivity index is 0.00000441. The Morgan fingerprint density at radius 1 is 1.18 bits per heavy atom. The zero-order valence-electron chi connectivity index (χ0n) is 13.8. The maximum atomic E-state index is 12.0. The van der Waals surface area contributed by atoms with E-state index in [1.807, 2.05) is 40.8 Å². The molecule has 1 atom stereocenters. The van der Waals surface area contributed by atoms with Crippen LogP contribution < -0.4 is 16.0 Å². The van der Waals surface area contributed by atoms with Gasteiger partial charge in [0, 0.05) is 29.8 Å². The van der Waals surface area contributed by atoms with Crippen LogP contribution in [-0.2, 0) is 4.79 Å². The van der Waals surface area contributed by atoms with Gasteiger partial charge in [0.05, 0.1) is 0 Å². The van der Waals surface area contributed by atoms with Crippen LogP contribution in [0.15, 0.2) is 18.2 Å². The summed E-state index contributed by atoms with van der Waals surface area (Å²) in [5.74, 6) is -0.244. The quantitative estimate of drug-likeness (QED) is 0.751. The van der Waals surface area contributed by atoms with E-state index in [2.05, 4.69) is 16.0 Å². The number of halogens is 1. The third kappa shape index (κ3) is 6.03. The smallest absolute Gasteiger partial charge is 0.251 e. The van der Waals surface area contributed by atoms with E-state index in [4.69, 9.17) is 0 Å². The summed E-state index contributed by atoms with van der Waals surface area (Å²) in [6.07, 6.45) is 0. The summed E-state index contributed by atoms with van der Waals surface area (Å²) in [4.78, 5) is 23.9. The number of nitrogens with one attached hydrogen (secondary N) is 3. The lowest BCUT2D eigenvalue weighted by molar-refractivity contribution is -0.119. The van der Waals surface area contributed by atoms with Crippen molar-refractivity contribution in [2.45, 2.75) is 33.7 Å². The topological polar surface area (TPSA) is 70.2 Å². The molecule has 0 aliphatic rings. The van der Waals surface area contributed by atoms with Gasteiger partial charge in [-0.3, -0.25) is 9.59 Å². The van der Waals surface area contributed by atoms with Crippen molar-refractivity contribution >= 4 is 29.9 Å². The molecule has 0 spiro atoms. The number of amides is 2. The van der Waals surface area contributed by atoms with Gasteiger partial charge in [-0.15, -0.1) is 12.4 Å². The molecule has 0 heterocycles. The molecule has 0 saturated heterocycles. The van der Waals surface area contributed by atoms with Crippen molar-refractivity contribution in [3.63, 3.8) is 0 Å². The van der Waals surface area contributed by atoms with Crippen molar-refractivity contribution in [3.8, 4) is 0 Å². The lowest BCUT2D eigenvalue weighted by Gasteiger charge is -2.14. The Hall–Kier alpha value is -1.59. The van der Waals surface area contributed by atoms with Crippen molar-refractivity contribution in [2.24, 2.45) is 5.92 Å². The highest BCUT2D eigenvalue weighted by Gasteiger charge is 2.14. The van der Waals surface area contributed by atoms with E-state index in [1.165, 1.54) is 0 Å². The molecule has 0 aliphatic heterocycles. The van der Waals surface area contributed by atoms with Crippen LogP contribution in [0.4, 0.5) is 5.69 Å². The second-order valence-electron chi connectivity index (χ2n) is 5.61. The summed E-state index contributed by atoms with van der Waals surface area (Å²) >= 11 is 0. The molecule has 5 nitrogen and oxygen atoms in total. The Morgan fingerprint density at radius 2 is 1.82 bits per heavy atom. The highest BCUT2D eigenvalue weighted by molar-refractivity contribution is 5.97. The predicted octanol–water partition coefficient (Wildman–Crippen LogP) is 2.35. The maximum Gasteiger partial charge on any atom is 0.251 e. The van der Waals surface area contributed by atoms with Crippen LogP contribution in [-0.4, -0.2) is 31.4 Å². The van der Waals surface area contributed by atoms with Gasteiger partial charge in [0.2, 0.25) is 5.91 Å². The SMILES string of the molecule is CNCC(C)C(=O)Nc1ccc(C(=O)NC(C)C)c(C)c1.Cl. The first-order valence-electron chi connectivity index (χ1n) is 7.22. The minimum Gasteiger partial charge on any atom is -0.350 e. The lowest BCUT2D eigenvalue weighted by Crippen LogP contribution is -2.31. The molecular formula is C16H26ClN3O2. The third-order valence-corrected chi connectivity index (χ3v) is 3.12. The maximum absolute atomic E-state index is 12.0. The number of anilines is 1. The van der Waals surface area contributed by atoms with Gasteiger partial charge in [0.25, 0.3) is 5.91 Å². The highest BCUT2D eigenvalue weighted by Crippen LogP contribution is 2.16. The Bertz CT molecular complexity index is 518. The molecule has 1 aromatic carbocycles. The summed E-state index contributed by atoms with van der Waals surface area (Å²) in [5.41, 5.74) is 2.18. The summed E-state index contributed by atoms with van der Waals surface area (Å²) in [6.45, 7) is 8.20. The van der Waals surface area contributed by atoms with E-state index in [-0.39, 0.29) is 36.2 Å². The first kappa shape index (κ1) is 20.4. The molecule has 124 valence electrons. The van der Waals surface area contributed by atoms with E-state index in [1.54, 1.807) is 12.1 Å². The van der Waals surface area contributed by atoms with Crippen LogP contribution in [0.25, 0.3) is 0 Å². The summed E-state index contributed by atoms with van der Waals surface area (Å²) in [5, 5.41) is 8.70. The number of hydrogen-bond donors (Lipinski definition) is 3. The fourth-order valence-electron chi connectivity index (χ4n) is 2.00. The lowest BCUT2D eigenvalue weighted by atomic mass is 10.1. The third-order valence-electron chi connectivity index (χ3n) is 3.12. The van der Waals surface area contributed by atoms with Crippen molar-refractivity contribution in [2.75, 3.05) is 18.9 Å². The van der Waals surface area contributed by atoms with Crippen molar-refractivity contribution in [1.82, 2.24) is 10.6 Å². The van der Waals surface area contributed by atoms with Crippen molar-refractivity contribution < 1.29 is 9.59 Å². The molecule has 0 saturated carbocycles. The standard InChI is InChI=1S/C16H25N3O2.ClH/c1-10(2)18-16(21)14-7-6-13(8-11(14)3)19-15(20)12(4)9-17-5;/h6-8,10,12,17H,9H2,1-5H3,(H,18,21)(H,19,20);1H. The second kappa shape index (κ2) is 9.43. The Kier molecular flexibility index (Phi) is 8.75. The highest BCUT2D eigenvalue weighted by atomic mass is 35.5. The fraction of sp³-hybridized carbons (Fsp3) is 0.500. The van der Waals surface area contributed by atoms with Gasteiger partial charge in [0.1, 0.15) is 0 Å². The van der Waals surface area contributed by atoms with Gasteiger partial charge >= 0.3 is 0 Å². The first-order valence-corrected chi connectivity index (χ1v) is 7.22. The number of carbonyl (C=O) groups is 2. The molecule has 1 aromatic rings. The molecule has 0 aromatic heterocycles. The molecule has 0 bridgehead atoms. The Labute approximate surface area is 138 Å². The number of carbonyl (C=O) groups excluding carboxylic acids is 2. The van der Waals surface area contributed by atoms with E-state index in [0.29, 0.717) is 17.8 Å². The molecule has 0 radical (unpaired) electrons. The minimum atomic E-state index is -0.112. The zero-order chi connectivity index (χ0) is 16.0. The molecule has 1 unspecified atom stereocenters. The molecule has 3 N–H and O–H groups in total. The van der Waals surface area contributed by atoms with Gasteiger partial charge in [-0.25, -0.2) is 0 Å². The minimum absolute atomic E-state index is 0. The largest absolute Gasteiger partial charge is 0.350 e. The molecular weight excluding hydrogens is 302 g/mol. The molecule has 6 heteroatoms. The van der Waals surface area contributed by atoms with Gasteiger partial charge in [-0.1, -0.05) is 6.92 Å². The second-order valence-corrected chi connectivity index (χ2v) is 5.61. The normalized spacial score (nSPS) is 11.5. The van der Waals surface area contributed by atoms with Gasteiger partial charge in [-0.2, -0.15) is 0 Å². The average Bonchev–Trinajstić information content (AvgIpc) is 2.37. The molecule has 0 aliphatic carbocycles. The predicted molar refractivity (Wildman–Crippen MR) is 92.7 cm³/mol. The number of benzene rings is 1. The van der Waals surface area contributed by atoms with Crippen LogP contribution in [0, 0.1) is 12.8 Å². The zero-order valence-corrected chi connectivity index (χ0v) is 14.6. The van der Waals surface area contributed by atoms with Gasteiger partial charge in [0.15, 0.2) is 0 Å². The summed E-state index contributed by atoms with van der Waals surface area (Å²) < 4.78 is 0. The van der Waals surface area contributed by atoms with E-state index in [0.717, 1.165) is 5.56 Å². The van der Waals surface area contributed by atoms with Crippen molar-refractivity contribution in [1.29, 1.82) is 0 Å². The van der Waals surface area contributed by atoms with E-state index >= 15 is 0 Å². The van der Waals surface area contributed by atoms with E-state index in [9.17, 15) is 9.59 Å². The molecule has 2 amide bonds. The van der Waals surface area contributed by atoms with Crippen LogP contribution in [0.5, 0.6) is 0 Å². The first-order chi connectivity index (χ1) is 9.85. The molecule has 22 heavy (non-hydrogen) atoms. The van der Waals surface area contributed by atoms with Crippen LogP contribution in [0.3, 0.4) is 0 Å². The summed E-state index contributed by atoms with van der Waals surface area (Å²) in [7, 11) is 1.82. The number of rotatable bonds is 6. The Morgan fingerprint density at radius 3 is 2.32 bits per heavy atom. The van der Waals surface area contributed by atoms with Crippen LogP contribution in [0.2, 0.25) is 0 Å². The fourth-order valence-corrected chi connectivity index (χ4v) is 2.00. The monoisotopic (exact) mass is 327 g/mol. The molecule has 0 fully saturated rings. The van der Waals surface area contributed by atoms with E-state index < -0.39 is 0 Å². The number of hydrogen-bond acceptors (Lipinski definition) is 3. The number of aryl methyl sites for hydroxylation is 1. The van der Waals surface area contributed by atoms with Crippen LogP contribution >= 0.6 is 12.4 Å². The molecule has 1 rings (SSSR count). The van der Waals surface area contributed by atoms with Gasteiger partial charge < -0.3 is 16.0 Å². The van der Waals surface area contributed by atoms with Crippen LogP contribution in [0.1, 0.15) is 36.7 Å². The van der Waals surface area contributed by atoms with Crippen molar-refractivity contribution in [3.05, 3.63) is 29.3 Å².